The summed E-state index contributed by atoms with van der Waals surface area (Å²) in [5, 5.41) is 3.94. The van der Waals surface area contributed by atoms with Gasteiger partial charge >= 0.3 is 0 Å². The second-order valence-electron chi connectivity index (χ2n) is 5.33. The van der Waals surface area contributed by atoms with Crippen molar-refractivity contribution in [2.75, 3.05) is 25.5 Å². The molecule has 0 spiro atoms. The monoisotopic (exact) mass is 264 g/mol. The Morgan fingerprint density at radius 2 is 2.06 bits per heavy atom. The van der Waals surface area contributed by atoms with Crippen LogP contribution in [0.5, 0.6) is 0 Å². The van der Waals surface area contributed by atoms with E-state index in [1.54, 1.807) is 0 Å². The fourth-order valence-electron chi connectivity index (χ4n) is 2.76. The molecule has 0 amide bonds. The third kappa shape index (κ3) is 2.52. The molecule has 2 atom stereocenters. The smallest absolute Gasteiger partial charge is 0.0534 e. The first-order valence-corrected chi connectivity index (χ1v) is 7.58. The lowest BCUT2D eigenvalue weighted by Crippen LogP contribution is -2.42. The minimum atomic E-state index is 0.595. The van der Waals surface area contributed by atoms with Gasteiger partial charge in [0, 0.05) is 23.2 Å². The van der Waals surface area contributed by atoms with E-state index in [2.05, 4.69) is 61.9 Å². The van der Waals surface area contributed by atoms with Crippen molar-refractivity contribution in [3.63, 3.8) is 0 Å². The lowest BCUT2D eigenvalue weighted by Gasteiger charge is -2.40. The Bertz CT molecular complexity index is 431. The number of anilines is 1. The van der Waals surface area contributed by atoms with Crippen LogP contribution in [0.1, 0.15) is 24.5 Å². The summed E-state index contributed by atoms with van der Waals surface area (Å²) < 4.78 is 0. The van der Waals surface area contributed by atoms with E-state index in [0.717, 1.165) is 6.54 Å². The molecule has 1 aromatic rings. The van der Waals surface area contributed by atoms with Crippen LogP contribution in [0.15, 0.2) is 17.0 Å². The minimum Gasteiger partial charge on any atom is -0.370 e. The van der Waals surface area contributed by atoms with Crippen molar-refractivity contribution in [2.24, 2.45) is 0 Å². The topological polar surface area (TPSA) is 15.3 Å². The highest BCUT2D eigenvalue weighted by molar-refractivity contribution is 8.00. The van der Waals surface area contributed by atoms with E-state index in [-0.39, 0.29) is 0 Å². The fraction of sp³-hybridized carbons (Fsp3) is 0.600. The number of benzene rings is 1. The molecule has 2 unspecified atom stereocenters. The molecule has 0 fully saturated rings. The molecule has 1 heterocycles. The summed E-state index contributed by atoms with van der Waals surface area (Å²) in [7, 11) is 4.27. The highest BCUT2D eigenvalue weighted by atomic mass is 32.2. The van der Waals surface area contributed by atoms with Crippen LogP contribution >= 0.6 is 11.8 Å². The lowest BCUT2D eigenvalue weighted by molar-refractivity contribution is 0.582. The number of hydrogen-bond donors (Lipinski definition) is 1. The van der Waals surface area contributed by atoms with Crippen molar-refractivity contribution in [3.05, 3.63) is 23.3 Å². The maximum absolute atomic E-state index is 3.27. The molecule has 0 aromatic heterocycles. The van der Waals surface area contributed by atoms with E-state index in [9.17, 15) is 0 Å². The van der Waals surface area contributed by atoms with Crippen molar-refractivity contribution < 1.29 is 0 Å². The van der Waals surface area contributed by atoms with Gasteiger partial charge in [0.05, 0.1) is 5.69 Å². The van der Waals surface area contributed by atoms with Gasteiger partial charge in [-0.3, -0.25) is 0 Å². The predicted octanol–water partition coefficient (Wildman–Crippen LogP) is 3.21. The molecule has 0 radical (unpaired) electrons. The summed E-state index contributed by atoms with van der Waals surface area (Å²) in [6, 6.07) is 5.22. The third-order valence-corrected chi connectivity index (χ3v) is 5.37. The van der Waals surface area contributed by atoms with Crippen LogP contribution in [0.3, 0.4) is 0 Å². The van der Waals surface area contributed by atoms with Gasteiger partial charge in [0.1, 0.15) is 0 Å². The molecule has 0 bridgehead atoms. The van der Waals surface area contributed by atoms with Gasteiger partial charge in [0.15, 0.2) is 0 Å². The van der Waals surface area contributed by atoms with Crippen LogP contribution in [0, 0.1) is 13.8 Å². The van der Waals surface area contributed by atoms with E-state index in [1.165, 1.54) is 28.1 Å². The number of rotatable bonds is 3. The molecule has 1 N–H and O–H groups in total. The maximum Gasteiger partial charge on any atom is 0.0534 e. The normalized spacial score (nSPS) is 23.1. The Labute approximate surface area is 115 Å². The van der Waals surface area contributed by atoms with Gasteiger partial charge in [0.25, 0.3) is 0 Å². The standard InChI is InChI=1S/C15H24N2S/c1-10-8-11(2)15-14(9-10)18-13(6-7-16-4)12(3)17(15)5/h8-9,12-13,16H,6-7H2,1-5H3. The molecule has 1 aromatic carbocycles. The van der Waals surface area contributed by atoms with Crippen molar-refractivity contribution >= 4 is 17.4 Å². The van der Waals surface area contributed by atoms with Gasteiger partial charge in [-0.2, -0.15) is 0 Å². The van der Waals surface area contributed by atoms with E-state index < -0.39 is 0 Å². The van der Waals surface area contributed by atoms with Crippen LogP contribution in [-0.4, -0.2) is 31.9 Å². The first-order chi connectivity index (χ1) is 8.54. The van der Waals surface area contributed by atoms with E-state index in [4.69, 9.17) is 0 Å². The first-order valence-electron chi connectivity index (χ1n) is 6.70. The number of fused-ring (bicyclic) bond motifs is 1. The van der Waals surface area contributed by atoms with E-state index >= 15 is 0 Å². The van der Waals surface area contributed by atoms with Crippen LogP contribution in [-0.2, 0) is 0 Å². The Kier molecular flexibility index (Phi) is 4.23. The summed E-state index contributed by atoms with van der Waals surface area (Å²) in [4.78, 5) is 3.91. The minimum absolute atomic E-state index is 0.595. The predicted molar refractivity (Wildman–Crippen MR) is 82.0 cm³/mol. The molecular formula is C15H24N2S. The highest BCUT2D eigenvalue weighted by Crippen LogP contribution is 2.44. The summed E-state index contributed by atoms with van der Waals surface area (Å²) >= 11 is 2.06. The highest BCUT2D eigenvalue weighted by Gasteiger charge is 2.30. The molecule has 0 saturated heterocycles. The molecule has 1 aliphatic heterocycles. The Hall–Kier alpha value is -0.670. The number of nitrogens with one attached hydrogen (secondary N) is 1. The molecule has 0 aliphatic carbocycles. The Balaban J connectivity index is 2.32. The average Bonchev–Trinajstić information content (AvgIpc) is 2.31. The van der Waals surface area contributed by atoms with E-state index in [0.29, 0.717) is 11.3 Å². The van der Waals surface area contributed by atoms with Crippen LogP contribution < -0.4 is 10.2 Å². The van der Waals surface area contributed by atoms with Crippen molar-refractivity contribution in [2.45, 2.75) is 43.4 Å². The Morgan fingerprint density at radius 1 is 1.33 bits per heavy atom. The summed E-state index contributed by atoms with van der Waals surface area (Å²) in [6.07, 6.45) is 1.22. The van der Waals surface area contributed by atoms with Crippen LogP contribution in [0.25, 0.3) is 0 Å². The zero-order valence-corrected chi connectivity index (χ0v) is 12.9. The van der Waals surface area contributed by atoms with Gasteiger partial charge < -0.3 is 10.2 Å². The second-order valence-corrected chi connectivity index (χ2v) is 6.61. The molecular weight excluding hydrogens is 240 g/mol. The number of hydrogen-bond acceptors (Lipinski definition) is 3. The van der Waals surface area contributed by atoms with Gasteiger partial charge in [-0.1, -0.05) is 6.07 Å². The number of thioether (sulfide) groups is 1. The van der Waals surface area contributed by atoms with Crippen molar-refractivity contribution in [3.8, 4) is 0 Å². The molecule has 0 saturated carbocycles. The fourth-order valence-corrected chi connectivity index (χ4v) is 4.38. The van der Waals surface area contributed by atoms with Crippen LogP contribution in [0.4, 0.5) is 5.69 Å². The van der Waals surface area contributed by atoms with Crippen LogP contribution in [0.2, 0.25) is 0 Å². The van der Waals surface area contributed by atoms with Gasteiger partial charge in [0.2, 0.25) is 0 Å². The van der Waals surface area contributed by atoms with Crippen molar-refractivity contribution in [1.82, 2.24) is 5.32 Å². The van der Waals surface area contributed by atoms with E-state index in [1.807, 2.05) is 7.05 Å². The summed E-state index contributed by atoms with van der Waals surface area (Å²) in [5.74, 6) is 0. The average molecular weight is 264 g/mol. The van der Waals surface area contributed by atoms with Gasteiger partial charge in [-0.05, 0) is 58.0 Å². The maximum atomic E-state index is 3.27. The molecule has 2 nitrogen and oxygen atoms in total. The SMILES string of the molecule is CNCCC1Sc2cc(C)cc(C)c2N(C)C1C. The summed E-state index contributed by atoms with van der Waals surface area (Å²) in [6.45, 7) is 7.85. The first kappa shape index (κ1) is 13.8. The molecule has 3 heteroatoms. The molecule has 18 heavy (non-hydrogen) atoms. The number of nitrogens with zero attached hydrogens (tertiary/aromatic N) is 1. The lowest BCUT2D eigenvalue weighted by atomic mass is 10.1. The van der Waals surface area contributed by atoms with Gasteiger partial charge in [-0.25, -0.2) is 0 Å². The largest absolute Gasteiger partial charge is 0.370 e. The molecule has 2 rings (SSSR count). The molecule has 1 aliphatic rings. The number of aryl methyl sites for hydroxylation is 2. The zero-order chi connectivity index (χ0) is 13.3. The van der Waals surface area contributed by atoms with Gasteiger partial charge in [-0.15, -0.1) is 11.8 Å². The molecule has 100 valence electrons. The Morgan fingerprint density at radius 3 is 2.72 bits per heavy atom. The summed E-state index contributed by atoms with van der Waals surface area (Å²) in [5.41, 5.74) is 4.20. The van der Waals surface area contributed by atoms with Crippen molar-refractivity contribution in [1.29, 1.82) is 0 Å². The quantitative estimate of drug-likeness (QED) is 0.902. The third-order valence-electron chi connectivity index (χ3n) is 3.87. The zero-order valence-electron chi connectivity index (χ0n) is 12.1. The second kappa shape index (κ2) is 5.54.